The lowest BCUT2D eigenvalue weighted by Crippen LogP contribution is -2.35. The van der Waals surface area contributed by atoms with Crippen LogP contribution in [0.3, 0.4) is 0 Å². The van der Waals surface area contributed by atoms with Gasteiger partial charge in [-0.1, -0.05) is 0 Å². The van der Waals surface area contributed by atoms with Crippen molar-refractivity contribution < 1.29 is 4.79 Å². The van der Waals surface area contributed by atoms with E-state index in [1.165, 1.54) is 12.8 Å². The Hall–Kier alpha value is -1.01. The molecule has 1 aliphatic rings. The zero-order chi connectivity index (χ0) is 10.9. The van der Waals surface area contributed by atoms with E-state index in [2.05, 4.69) is 16.6 Å². The number of carbonyl (C=O) groups excluding carboxylic acids is 1. The molecule has 0 radical (unpaired) electrons. The summed E-state index contributed by atoms with van der Waals surface area (Å²) in [6.07, 6.45) is 10.6. The summed E-state index contributed by atoms with van der Waals surface area (Å²) in [5.41, 5.74) is 0. The summed E-state index contributed by atoms with van der Waals surface area (Å²) < 4.78 is 0. The van der Waals surface area contributed by atoms with Crippen molar-refractivity contribution in [1.29, 1.82) is 0 Å². The third kappa shape index (κ3) is 6.98. The molecule has 1 saturated carbocycles. The van der Waals surface area contributed by atoms with Gasteiger partial charge in [-0.15, -0.1) is 12.3 Å². The summed E-state index contributed by atoms with van der Waals surface area (Å²) in [6.45, 7) is 2.17. The van der Waals surface area contributed by atoms with Gasteiger partial charge in [0, 0.05) is 13.0 Å². The van der Waals surface area contributed by atoms with E-state index in [0.29, 0.717) is 6.54 Å². The summed E-state index contributed by atoms with van der Waals surface area (Å²) in [5.74, 6) is 3.46. The molecule has 0 bridgehead atoms. The number of rotatable bonds is 8. The minimum absolute atomic E-state index is 0.110. The highest BCUT2D eigenvalue weighted by molar-refractivity contribution is 5.77. The summed E-state index contributed by atoms with van der Waals surface area (Å²) in [6, 6.07) is 0. The third-order valence-corrected chi connectivity index (χ3v) is 2.50. The average Bonchev–Trinajstić information content (AvgIpc) is 3.04. The summed E-state index contributed by atoms with van der Waals surface area (Å²) >= 11 is 0. The van der Waals surface area contributed by atoms with Crippen LogP contribution in [0, 0.1) is 18.3 Å². The molecule has 15 heavy (non-hydrogen) atoms. The lowest BCUT2D eigenvalue weighted by molar-refractivity contribution is -0.120. The first-order valence-electron chi connectivity index (χ1n) is 5.74. The maximum Gasteiger partial charge on any atom is 0.233 e. The van der Waals surface area contributed by atoms with Crippen LogP contribution in [0.1, 0.15) is 32.1 Å². The maximum atomic E-state index is 11.3. The predicted molar refractivity (Wildman–Crippen MR) is 61.3 cm³/mol. The molecule has 1 amide bonds. The van der Waals surface area contributed by atoms with E-state index in [1.807, 2.05) is 0 Å². The number of terminal acetylenes is 1. The average molecular weight is 208 g/mol. The first-order valence-corrected chi connectivity index (χ1v) is 5.74. The van der Waals surface area contributed by atoms with E-state index >= 15 is 0 Å². The first-order chi connectivity index (χ1) is 7.33. The largest absolute Gasteiger partial charge is 0.355 e. The van der Waals surface area contributed by atoms with Gasteiger partial charge in [0.2, 0.25) is 5.91 Å². The number of hydrogen-bond acceptors (Lipinski definition) is 2. The Morgan fingerprint density at radius 3 is 2.87 bits per heavy atom. The smallest absolute Gasteiger partial charge is 0.233 e. The zero-order valence-corrected chi connectivity index (χ0v) is 9.22. The van der Waals surface area contributed by atoms with Crippen LogP contribution in [0.5, 0.6) is 0 Å². The van der Waals surface area contributed by atoms with Crippen molar-refractivity contribution in [3.05, 3.63) is 0 Å². The standard InChI is InChI=1S/C12H20N2O/c1-2-3-4-5-8-13-10-12(15)14-9-11-6-7-11/h1,11,13H,3-10H2,(H,14,15). The molecule has 0 aromatic rings. The molecule has 3 heteroatoms. The van der Waals surface area contributed by atoms with Gasteiger partial charge >= 0.3 is 0 Å². The Bertz CT molecular complexity index is 228. The molecule has 1 rings (SSSR count). The van der Waals surface area contributed by atoms with Crippen LogP contribution >= 0.6 is 0 Å². The summed E-state index contributed by atoms with van der Waals surface area (Å²) in [4.78, 5) is 11.3. The van der Waals surface area contributed by atoms with Crippen molar-refractivity contribution in [2.75, 3.05) is 19.6 Å². The van der Waals surface area contributed by atoms with E-state index in [0.717, 1.165) is 38.3 Å². The molecule has 1 aliphatic carbocycles. The second-order valence-corrected chi connectivity index (χ2v) is 4.09. The molecule has 84 valence electrons. The Labute approximate surface area is 92.0 Å². The molecule has 0 atom stereocenters. The fourth-order valence-corrected chi connectivity index (χ4v) is 1.32. The van der Waals surface area contributed by atoms with Crippen molar-refractivity contribution in [3.8, 4) is 12.3 Å². The first kappa shape index (κ1) is 12.1. The Kier molecular flexibility index (Phi) is 5.87. The van der Waals surface area contributed by atoms with Crippen LogP contribution in [0.2, 0.25) is 0 Å². The van der Waals surface area contributed by atoms with Gasteiger partial charge in [0.25, 0.3) is 0 Å². The number of hydrogen-bond donors (Lipinski definition) is 2. The molecule has 0 heterocycles. The highest BCUT2D eigenvalue weighted by atomic mass is 16.1. The molecule has 0 aromatic heterocycles. The third-order valence-electron chi connectivity index (χ3n) is 2.50. The van der Waals surface area contributed by atoms with E-state index in [1.54, 1.807) is 0 Å². The van der Waals surface area contributed by atoms with Crippen molar-refractivity contribution in [3.63, 3.8) is 0 Å². The molecule has 0 aromatic carbocycles. The number of nitrogens with one attached hydrogen (secondary N) is 2. The van der Waals surface area contributed by atoms with Gasteiger partial charge in [0.15, 0.2) is 0 Å². The van der Waals surface area contributed by atoms with Gasteiger partial charge in [-0.05, 0) is 38.1 Å². The van der Waals surface area contributed by atoms with E-state index in [-0.39, 0.29) is 5.91 Å². The SMILES string of the molecule is C#CCCCCNCC(=O)NCC1CC1. The molecule has 0 unspecified atom stereocenters. The van der Waals surface area contributed by atoms with Crippen molar-refractivity contribution in [1.82, 2.24) is 10.6 Å². The minimum Gasteiger partial charge on any atom is -0.355 e. The fourth-order valence-electron chi connectivity index (χ4n) is 1.32. The summed E-state index contributed by atoms with van der Waals surface area (Å²) in [5, 5.41) is 6.02. The van der Waals surface area contributed by atoms with Crippen LogP contribution in [0.4, 0.5) is 0 Å². The van der Waals surface area contributed by atoms with Gasteiger partial charge in [-0.3, -0.25) is 4.79 Å². The van der Waals surface area contributed by atoms with Crippen molar-refractivity contribution in [2.24, 2.45) is 5.92 Å². The topological polar surface area (TPSA) is 41.1 Å². The second kappa shape index (κ2) is 7.30. The van der Waals surface area contributed by atoms with Gasteiger partial charge in [-0.25, -0.2) is 0 Å². The van der Waals surface area contributed by atoms with Gasteiger partial charge in [0.1, 0.15) is 0 Å². The normalized spacial score (nSPS) is 14.6. The summed E-state index contributed by atoms with van der Waals surface area (Å²) in [7, 11) is 0. The number of unbranched alkanes of at least 4 members (excludes halogenated alkanes) is 2. The highest BCUT2D eigenvalue weighted by Gasteiger charge is 2.21. The van der Waals surface area contributed by atoms with Crippen LogP contribution in [0.15, 0.2) is 0 Å². The van der Waals surface area contributed by atoms with Gasteiger partial charge in [-0.2, -0.15) is 0 Å². The van der Waals surface area contributed by atoms with Gasteiger partial charge in [0.05, 0.1) is 6.54 Å². The van der Waals surface area contributed by atoms with Crippen LogP contribution < -0.4 is 10.6 Å². The second-order valence-electron chi connectivity index (χ2n) is 4.09. The number of amides is 1. The Morgan fingerprint density at radius 2 is 2.20 bits per heavy atom. The molecule has 1 fully saturated rings. The zero-order valence-electron chi connectivity index (χ0n) is 9.22. The highest BCUT2D eigenvalue weighted by Crippen LogP contribution is 2.27. The lowest BCUT2D eigenvalue weighted by Gasteiger charge is -2.05. The molecular formula is C12H20N2O. The maximum absolute atomic E-state index is 11.3. The quantitative estimate of drug-likeness (QED) is 0.460. The molecule has 0 aliphatic heterocycles. The van der Waals surface area contributed by atoms with Crippen molar-refractivity contribution >= 4 is 5.91 Å². The van der Waals surface area contributed by atoms with Crippen molar-refractivity contribution in [2.45, 2.75) is 32.1 Å². The van der Waals surface area contributed by atoms with E-state index < -0.39 is 0 Å². The van der Waals surface area contributed by atoms with E-state index in [9.17, 15) is 4.79 Å². The van der Waals surface area contributed by atoms with E-state index in [4.69, 9.17) is 6.42 Å². The van der Waals surface area contributed by atoms with Gasteiger partial charge < -0.3 is 10.6 Å². The Morgan fingerprint density at radius 1 is 1.40 bits per heavy atom. The van der Waals surface area contributed by atoms with Crippen LogP contribution in [0.25, 0.3) is 0 Å². The molecule has 0 spiro atoms. The molecule has 2 N–H and O–H groups in total. The molecule has 3 nitrogen and oxygen atoms in total. The number of carbonyl (C=O) groups is 1. The Balaban J connectivity index is 1.81. The lowest BCUT2D eigenvalue weighted by atomic mass is 10.2. The predicted octanol–water partition coefficient (Wildman–Crippen LogP) is 0.906. The minimum atomic E-state index is 0.110. The monoisotopic (exact) mass is 208 g/mol. The van der Waals surface area contributed by atoms with Crippen LogP contribution in [-0.2, 0) is 4.79 Å². The fraction of sp³-hybridized carbons (Fsp3) is 0.750. The van der Waals surface area contributed by atoms with Crippen LogP contribution in [-0.4, -0.2) is 25.5 Å². The molecule has 0 saturated heterocycles. The molecular weight excluding hydrogens is 188 g/mol.